The van der Waals surface area contributed by atoms with Crippen molar-refractivity contribution in [2.45, 2.75) is 13.8 Å². The Morgan fingerprint density at radius 3 is 2.28 bits per heavy atom. The summed E-state index contributed by atoms with van der Waals surface area (Å²) < 4.78 is 11.6. The molecule has 0 saturated carbocycles. The molecule has 0 unspecified atom stereocenters. The maximum Gasteiger partial charge on any atom is 0.246 e. The molecule has 5 heteroatoms. The van der Waals surface area contributed by atoms with Crippen LogP contribution in [0.15, 0.2) is 83.5 Å². The second kappa shape index (κ2) is 10.4. The van der Waals surface area contributed by atoms with Crippen molar-refractivity contribution in [1.29, 1.82) is 0 Å². The lowest BCUT2D eigenvalue weighted by Crippen LogP contribution is -2.48. The predicted octanol–water partition coefficient (Wildman–Crippen LogP) is 6.34. The van der Waals surface area contributed by atoms with Gasteiger partial charge in [-0.3, -0.25) is 4.79 Å². The Balaban J connectivity index is 1.45. The maximum absolute atomic E-state index is 13.0. The molecular weight excluding hydrogens is 448 g/mol. The molecule has 36 heavy (non-hydrogen) atoms. The second-order valence-corrected chi connectivity index (χ2v) is 9.23. The molecule has 0 radical (unpaired) electrons. The molecule has 184 valence electrons. The average molecular weight is 481 g/mol. The van der Waals surface area contributed by atoms with Crippen LogP contribution in [-0.2, 0) is 4.79 Å². The van der Waals surface area contributed by atoms with E-state index in [0.717, 1.165) is 66.0 Å². The van der Waals surface area contributed by atoms with E-state index in [1.165, 1.54) is 11.1 Å². The fraction of sp³-hybridized carbons (Fsp3) is 0.258. The van der Waals surface area contributed by atoms with Crippen molar-refractivity contribution >= 4 is 22.4 Å². The summed E-state index contributed by atoms with van der Waals surface area (Å²) in [7, 11) is 1.65. The number of methoxy groups -OCH3 is 1. The van der Waals surface area contributed by atoms with Crippen molar-refractivity contribution in [3.05, 3.63) is 84.6 Å². The van der Waals surface area contributed by atoms with Crippen LogP contribution in [0.5, 0.6) is 5.75 Å². The van der Waals surface area contributed by atoms with Gasteiger partial charge in [0.25, 0.3) is 0 Å². The van der Waals surface area contributed by atoms with E-state index in [1.807, 2.05) is 36.1 Å². The van der Waals surface area contributed by atoms with Crippen LogP contribution in [-0.4, -0.2) is 55.5 Å². The van der Waals surface area contributed by atoms with Gasteiger partial charge in [-0.2, -0.15) is 0 Å². The smallest absolute Gasteiger partial charge is 0.246 e. The summed E-state index contributed by atoms with van der Waals surface area (Å²) in [6.07, 6.45) is 3.53. The van der Waals surface area contributed by atoms with Crippen LogP contribution in [0.1, 0.15) is 19.4 Å². The highest BCUT2D eigenvalue weighted by Crippen LogP contribution is 2.38. The number of piperazine rings is 1. The standard InChI is InChI=1S/C31H32N2O3/c1-4-32-14-16-33(17-15-32)31(34)18-22(2)26-19-27-28(21-36-30(27)20-29(26)35-3)25-12-10-24(11-13-25)23-8-6-5-7-9-23/h5-13,18-21H,4,14-17H2,1-3H3/b22-18+. The fourth-order valence-electron chi connectivity index (χ4n) is 4.87. The molecule has 1 aliphatic rings. The summed E-state index contributed by atoms with van der Waals surface area (Å²) in [6, 6.07) is 22.9. The van der Waals surface area contributed by atoms with Gasteiger partial charge in [-0.15, -0.1) is 0 Å². The number of furan rings is 1. The summed E-state index contributed by atoms with van der Waals surface area (Å²) in [6.45, 7) is 8.52. The molecule has 1 amide bonds. The van der Waals surface area contributed by atoms with Crippen molar-refractivity contribution in [2.75, 3.05) is 39.8 Å². The number of rotatable bonds is 6. The van der Waals surface area contributed by atoms with Gasteiger partial charge < -0.3 is 19.0 Å². The number of hydrogen-bond acceptors (Lipinski definition) is 4. The van der Waals surface area contributed by atoms with Crippen molar-refractivity contribution in [2.24, 2.45) is 0 Å². The van der Waals surface area contributed by atoms with Gasteiger partial charge in [0.2, 0.25) is 5.91 Å². The van der Waals surface area contributed by atoms with E-state index in [0.29, 0.717) is 5.75 Å². The minimum Gasteiger partial charge on any atom is -0.496 e. The van der Waals surface area contributed by atoms with E-state index < -0.39 is 0 Å². The quantitative estimate of drug-likeness (QED) is 0.302. The monoisotopic (exact) mass is 480 g/mol. The minimum atomic E-state index is 0.0503. The number of hydrogen-bond donors (Lipinski definition) is 0. The van der Waals surface area contributed by atoms with E-state index in [4.69, 9.17) is 9.15 Å². The van der Waals surface area contributed by atoms with E-state index in [9.17, 15) is 4.79 Å². The Labute approximate surface area is 212 Å². The first-order valence-electron chi connectivity index (χ1n) is 12.5. The van der Waals surface area contributed by atoms with Crippen LogP contribution in [0.2, 0.25) is 0 Å². The van der Waals surface area contributed by atoms with Gasteiger partial charge >= 0.3 is 0 Å². The Hall–Kier alpha value is -3.83. The van der Waals surface area contributed by atoms with Gasteiger partial charge in [-0.1, -0.05) is 61.5 Å². The number of benzene rings is 3. The molecule has 1 fully saturated rings. The van der Waals surface area contributed by atoms with E-state index in [1.54, 1.807) is 19.4 Å². The van der Waals surface area contributed by atoms with Crippen molar-refractivity contribution < 1.29 is 13.9 Å². The molecule has 5 nitrogen and oxygen atoms in total. The van der Waals surface area contributed by atoms with Crippen LogP contribution < -0.4 is 4.74 Å². The first-order valence-corrected chi connectivity index (χ1v) is 12.5. The normalized spacial score (nSPS) is 14.9. The molecule has 0 N–H and O–H groups in total. The van der Waals surface area contributed by atoms with E-state index in [2.05, 4.69) is 54.3 Å². The molecule has 4 aromatic rings. The predicted molar refractivity (Wildman–Crippen MR) is 146 cm³/mol. The highest BCUT2D eigenvalue weighted by molar-refractivity contribution is 6.00. The number of carbonyl (C=O) groups is 1. The Bertz CT molecular complexity index is 1380. The molecular formula is C31H32N2O3. The maximum atomic E-state index is 13.0. The summed E-state index contributed by atoms with van der Waals surface area (Å²) in [5.74, 6) is 0.745. The third-order valence-corrected chi connectivity index (χ3v) is 7.09. The summed E-state index contributed by atoms with van der Waals surface area (Å²) in [4.78, 5) is 17.3. The van der Waals surface area contributed by atoms with Crippen molar-refractivity contribution in [1.82, 2.24) is 9.80 Å². The topological polar surface area (TPSA) is 45.9 Å². The van der Waals surface area contributed by atoms with Crippen LogP contribution in [0.3, 0.4) is 0 Å². The zero-order valence-electron chi connectivity index (χ0n) is 21.2. The van der Waals surface area contributed by atoms with Gasteiger partial charge in [-0.25, -0.2) is 0 Å². The van der Waals surface area contributed by atoms with E-state index >= 15 is 0 Å². The molecule has 0 bridgehead atoms. The van der Waals surface area contributed by atoms with Gasteiger partial charge in [0.1, 0.15) is 11.3 Å². The molecule has 0 atom stereocenters. The highest BCUT2D eigenvalue weighted by Gasteiger charge is 2.20. The minimum absolute atomic E-state index is 0.0503. The lowest BCUT2D eigenvalue weighted by atomic mass is 9.97. The summed E-state index contributed by atoms with van der Waals surface area (Å²) in [5.41, 5.74) is 6.99. The number of ether oxygens (including phenoxy) is 1. The molecule has 0 spiro atoms. The van der Waals surface area contributed by atoms with Gasteiger partial charge in [-0.05, 0) is 41.8 Å². The first kappa shape index (κ1) is 23.9. The third-order valence-electron chi connectivity index (χ3n) is 7.09. The van der Waals surface area contributed by atoms with Gasteiger partial charge in [0.15, 0.2) is 0 Å². The lowest BCUT2D eigenvalue weighted by Gasteiger charge is -2.33. The largest absolute Gasteiger partial charge is 0.496 e. The molecule has 0 aliphatic carbocycles. The fourth-order valence-corrected chi connectivity index (χ4v) is 4.87. The van der Waals surface area contributed by atoms with Crippen LogP contribution in [0.4, 0.5) is 0 Å². The van der Waals surface area contributed by atoms with Crippen molar-refractivity contribution in [3.63, 3.8) is 0 Å². The Kier molecular flexibility index (Phi) is 6.92. The third kappa shape index (κ3) is 4.79. The van der Waals surface area contributed by atoms with E-state index in [-0.39, 0.29) is 5.91 Å². The SMILES string of the molecule is CCN1CCN(C(=O)/C=C(\C)c2cc3c(-c4ccc(-c5ccccc5)cc4)coc3cc2OC)CC1. The Morgan fingerprint density at radius 1 is 0.944 bits per heavy atom. The number of likely N-dealkylation sites (N-methyl/N-ethyl adjacent to an activating group) is 1. The number of fused-ring (bicyclic) bond motifs is 1. The molecule has 1 aromatic heterocycles. The lowest BCUT2D eigenvalue weighted by molar-refractivity contribution is -0.127. The zero-order valence-corrected chi connectivity index (χ0v) is 21.2. The number of amides is 1. The number of carbonyl (C=O) groups excluding carboxylic acids is 1. The molecule has 5 rings (SSSR count). The number of allylic oxidation sites excluding steroid dienone is 1. The van der Waals surface area contributed by atoms with Crippen LogP contribution >= 0.6 is 0 Å². The second-order valence-electron chi connectivity index (χ2n) is 9.23. The highest BCUT2D eigenvalue weighted by atomic mass is 16.5. The van der Waals surface area contributed by atoms with Crippen LogP contribution in [0.25, 0.3) is 38.8 Å². The summed E-state index contributed by atoms with van der Waals surface area (Å²) >= 11 is 0. The molecule has 1 aliphatic heterocycles. The first-order chi connectivity index (χ1) is 17.6. The van der Waals surface area contributed by atoms with Crippen LogP contribution in [0, 0.1) is 0 Å². The number of nitrogens with zero attached hydrogens (tertiary/aromatic N) is 2. The zero-order chi connectivity index (χ0) is 25.1. The molecule has 3 aromatic carbocycles. The van der Waals surface area contributed by atoms with Gasteiger partial charge in [0, 0.05) is 54.8 Å². The van der Waals surface area contributed by atoms with Crippen molar-refractivity contribution in [3.8, 4) is 28.0 Å². The van der Waals surface area contributed by atoms with Gasteiger partial charge in [0.05, 0.1) is 13.4 Å². The average Bonchev–Trinajstić information content (AvgIpc) is 3.35. The Morgan fingerprint density at radius 2 is 1.61 bits per heavy atom. The summed E-state index contributed by atoms with van der Waals surface area (Å²) in [5, 5.41) is 0.995. The molecule has 2 heterocycles. The molecule has 1 saturated heterocycles.